The molecule has 0 unspecified atom stereocenters. The van der Waals surface area contributed by atoms with Gasteiger partial charge in [0.15, 0.2) is 0 Å². The van der Waals surface area contributed by atoms with Crippen LogP contribution in [0.25, 0.3) is 0 Å². The van der Waals surface area contributed by atoms with Gasteiger partial charge in [-0.2, -0.15) is 0 Å². The molecule has 2 N–H and O–H groups in total. The van der Waals surface area contributed by atoms with Crippen LogP contribution in [0.1, 0.15) is 16.9 Å². The number of aryl methyl sites for hydroxylation is 1. The van der Waals surface area contributed by atoms with Gasteiger partial charge in [0, 0.05) is 39.3 Å². The number of aromatic nitrogens is 1. The molecular formula is C12H18N4O4S. The molecule has 1 aliphatic rings. The average molecular weight is 314 g/mol. The first-order valence-electron chi connectivity index (χ1n) is 6.51. The zero-order chi connectivity index (χ0) is 15.6. The highest BCUT2D eigenvalue weighted by molar-refractivity contribution is 7.89. The number of sulfonamides is 1. The van der Waals surface area contributed by atoms with Gasteiger partial charge >= 0.3 is 0 Å². The molecule has 1 aromatic heterocycles. The Morgan fingerprint density at radius 1 is 1.38 bits per heavy atom. The van der Waals surface area contributed by atoms with Crippen LogP contribution in [-0.2, 0) is 21.9 Å². The summed E-state index contributed by atoms with van der Waals surface area (Å²) in [4.78, 5) is 25.3. The summed E-state index contributed by atoms with van der Waals surface area (Å²) >= 11 is 0. The molecule has 1 saturated heterocycles. The van der Waals surface area contributed by atoms with E-state index in [1.54, 1.807) is 11.9 Å². The zero-order valence-corrected chi connectivity index (χ0v) is 12.7. The van der Waals surface area contributed by atoms with Crippen molar-refractivity contribution in [1.82, 2.24) is 19.5 Å². The molecule has 2 rings (SSSR count). The molecule has 1 aliphatic heterocycles. The summed E-state index contributed by atoms with van der Waals surface area (Å²) < 4.78 is 27.2. The van der Waals surface area contributed by atoms with Gasteiger partial charge < -0.3 is 14.8 Å². The van der Waals surface area contributed by atoms with Crippen molar-refractivity contribution in [2.75, 3.05) is 26.7 Å². The average Bonchev–Trinajstić information content (AvgIpc) is 2.71. The molecule has 21 heavy (non-hydrogen) atoms. The minimum atomic E-state index is -3.59. The molecule has 0 saturated carbocycles. The number of amides is 2. The Labute approximate surface area is 123 Å². The lowest BCUT2D eigenvalue weighted by atomic mass is 10.3. The van der Waals surface area contributed by atoms with Gasteiger partial charge in [0.2, 0.25) is 15.9 Å². The molecule has 0 radical (unpaired) electrons. The van der Waals surface area contributed by atoms with Crippen molar-refractivity contribution in [1.29, 1.82) is 0 Å². The van der Waals surface area contributed by atoms with E-state index < -0.39 is 10.0 Å². The molecule has 0 bridgehead atoms. The second-order valence-electron chi connectivity index (χ2n) is 4.77. The van der Waals surface area contributed by atoms with Crippen LogP contribution in [0.3, 0.4) is 0 Å². The molecule has 2 amide bonds. The van der Waals surface area contributed by atoms with Gasteiger partial charge in [0.25, 0.3) is 5.91 Å². The Bertz CT molecular complexity index is 665. The van der Waals surface area contributed by atoms with Gasteiger partial charge in [-0.05, 0) is 13.1 Å². The Hall–Kier alpha value is -1.87. The number of hydrogen-bond donors (Lipinski definition) is 2. The van der Waals surface area contributed by atoms with Crippen molar-refractivity contribution >= 4 is 21.8 Å². The van der Waals surface area contributed by atoms with Crippen LogP contribution in [0, 0.1) is 0 Å². The summed E-state index contributed by atoms with van der Waals surface area (Å²) in [5.74, 6) is -0.373. The number of rotatable bonds is 3. The fraction of sp³-hybridized carbons (Fsp3) is 0.500. The maximum atomic E-state index is 12.5. The lowest BCUT2D eigenvalue weighted by molar-refractivity contribution is -0.120. The van der Waals surface area contributed by atoms with Gasteiger partial charge in [-0.15, -0.1) is 0 Å². The number of carbonyl (C=O) groups is 2. The van der Waals surface area contributed by atoms with Crippen LogP contribution in [-0.4, -0.2) is 56.4 Å². The maximum absolute atomic E-state index is 12.5. The predicted octanol–water partition coefficient (Wildman–Crippen LogP) is -1.10. The largest absolute Gasteiger partial charge is 0.354 e. The van der Waals surface area contributed by atoms with Crippen LogP contribution in [0.5, 0.6) is 0 Å². The van der Waals surface area contributed by atoms with E-state index in [0.29, 0.717) is 19.6 Å². The Morgan fingerprint density at radius 3 is 2.76 bits per heavy atom. The van der Waals surface area contributed by atoms with E-state index in [9.17, 15) is 18.0 Å². The lowest BCUT2D eigenvalue weighted by Gasteiger charge is -2.19. The van der Waals surface area contributed by atoms with Gasteiger partial charge in [0.05, 0.1) is 0 Å². The lowest BCUT2D eigenvalue weighted by Crippen LogP contribution is -2.35. The molecule has 0 aromatic carbocycles. The zero-order valence-electron chi connectivity index (χ0n) is 11.9. The van der Waals surface area contributed by atoms with E-state index >= 15 is 0 Å². The van der Waals surface area contributed by atoms with Gasteiger partial charge in [-0.3, -0.25) is 9.59 Å². The molecule has 2 heterocycles. The number of hydrogen-bond acceptors (Lipinski definition) is 4. The first-order chi connectivity index (χ1) is 9.85. The fourth-order valence-electron chi connectivity index (χ4n) is 2.14. The minimum absolute atomic E-state index is 0.0415. The van der Waals surface area contributed by atoms with Gasteiger partial charge in [-0.25, -0.2) is 13.1 Å². The topological polar surface area (TPSA) is 101 Å². The highest BCUT2D eigenvalue weighted by Crippen LogP contribution is 2.15. The van der Waals surface area contributed by atoms with E-state index in [0.717, 1.165) is 0 Å². The minimum Gasteiger partial charge on any atom is -0.354 e. The summed E-state index contributed by atoms with van der Waals surface area (Å²) in [6.07, 6.45) is 1.64. The molecule has 116 valence electrons. The van der Waals surface area contributed by atoms with Crippen molar-refractivity contribution in [3.05, 3.63) is 18.0 Å². The molecule has 8 nitrogen and oxygen atoms in total. The van der Waals surface area contributed by atoms with Crippen LogP contribution >= 0.6 is 0 Å². The van der Waals surface area contributed by atoms with Crippen molar-refractivity contribution in [3.63, 3.8) is 0 Å². The molecule has 1 fully saturated rings. The third kappa shape index (κ3) is 3.24. The first-order valence-corrected chi connectivity index (χ1v) is 7.99. The first kappa shape index (κ1) is 15.5. The predicted molar refractivity (Wildman–Crippen MR) is 75.2 cm³/mol. The monoisotopic (exact) mass is 314 g/mol. The molecule has 0 aliphatic carbocycles. The third-order valence-electron chi connectivity index (χ3n) is 3.38. The van der Waals surface area contributed by atoms with E-state index in [1.165, 1.54) is 23.9 Å². The SMILES string of the molecule is CNS(=O)(=O)c1cc(C(=O)N2CCNC(=O)CC2)n(C)c1. The fourth-order valence-corrected chi connectivity index (χ4v) is 2.94. The molecule has 1 aromatic rings. The highest BCUT2D eigenvalue weighted by Gasteiger charge is 2.24. The number of carbonyl (C=O) groups excluding carboxylic acids is 2. The van der Waals surface area contributed by atoms with Crippen molar-refractivity contribution < 1.29 is 18.0 Å². The molecule has 9 heteroatoms. The second-order valence-corrected chi connectivity index (χ2v) is 6.66. The summed E-state index contributed by atoms with van der Waals surface area (Å²) in [6, 6.07) is 1.34. The van der Waals surface area contributed by atoms with Gasteiger partial charge in [-0.1, -0.05) is 0 Å². The smallest absolute Gasteiger partial charge is 0.270 e. The summed E-state index contributed by atoms with van der Waals surface area (Å²) in [7, 11) is -0.659. The van der Waals surface area contributed by atoms with E-state index in [4.69, 9.17) is 0 Å². The standard InChI is InChI=1S/C12H18N4O4S/c1-13-21(19,20)9-7-10(15(2)8-9)12(18)16-5-3-11(17)14-4-6-16/h7-8,13H,3-6H2,1-2H3,(H,14,17). The van der Waals surface area contributed by atoms with E-state index in [1.807, 2.05) is 0 Å². The quantitative estimate of drug-likeness (QED) is 0.739. The maximum Gasteiger partial charge on any atom is 0.270 e. The van der Waals surface area contributed by atoms with Crippen molar-refractivity contribution in [2.45, 2.75) is 11.3 Å². The highest BCUT2D eigenvalue weighted by atomic mass is 32.2. The number of nitrogens with one attached hydrogen (secondary N) is 2. The molecule has 0 atom stereocenters. The van der Waals surface area contributed by atoms with Crippen LogP contribution in [0.15, 0.2) is 17.2 Å². The summed E-state index contributed by atoms with van der Waals surface area (Å²) in [5, 5.41) is 2.69. The van der Waals surface area contributed by atoms with Crippen molar-refractivity contribution in [3.8, 4) is 0 Å². The van der Waals surface area contributed by atoms with Crippen LogP contribution < -0.4 is 10.0 Å². The van der Waals surface area contributed by atoms with E-state index in [2.05, 4.69) is 10.0 Å². The second kappa shape index (κ2) is 5.86. The number of nitrogens with zero attached hydrogens (tertiary/aromatic N) is 2. The van der Waals surface area contributed by atoms with E-state index in [-0.39, 0.29) is 28.8 Å². The van der Waals surface area contributed by atoms with Crippen molar-refractivity contribution in [2.24, 2.45) is 7.05 Å². The Balaban J connectivity index is 2.25. The van der Waals surface area contributed by atoms with Gasteiger partial charge in [0.1, 0.15) is 10.6 Å². The molecule has 0 spiro atoms. The van der Waals surface area contributed by atoms with Crippen LogP contribution in [0.2, 0.25) is 0 Å². The van der Waals surface area contributed by atoms with Crippen LogP contribution in [0.4, 0.5) is 0 Å². The summed E-state index contributed by atoms with van der Waals surface area (Å²) in [6.45, 7) is 1.13. The summed E-state index contributed by atoms with van der Waals surface area (Å²) in [5.41, 5.74) is 0.276. The molecular weight excluding hydrogens is 296 g/mol. The third-order valence-corrected chi connectivity index (χ3v) is 4.76. The normalized spacial score (nSPS) is 16.5. The Morgan fingerprint density at radius 2 is 2.10 bits per heavy atom. The Kier molecular flexibility index (Phi) is 4.33.